The molecule has 0 bridgehead atoms. The van der Waals surface area contributed by atoms with E-state index >= 15 is 0 Å². The third kappa shape index (κ3) is 2.26. The van der Waals surface area contributed by atoms with E-state index in [9.17, 15) is 4.79 Å². The number of nitrogens with zero attached hydrogens (tertiary/aromatic N) is 3. The first kappa shape index (κ1) is 11.0. The largest absolute Gasteiger partial charge is 0.388 e. The zero-order valence-corrected chi connectivity index (χ0v) is 8.87. The van der Waals surface area contributed by atoms with Crippen molar-refractivity contribution in [1.82, 2.24) is 4.98 Å². The Morgan fingerprint density at radius 1 is 1.60 bits per heavy atom. The summed E-state index contributed by atoms with van der Waals surface area (Å²) >= 11 is 0. The molecule has 0 atom stereocenters. The monoisotopic (exact) mass is 208 g/mol. The fraction of sp³-hybridized carbons (Fsp3) is 0.444. The van der Waals surface area contributed by atoms with Crippen LogP contribution in [0.15, 0.2) is 9.21 Å². The number of nitrogens with one attached hydrogen (secondary N) is 1. The minimum Gasteiger partial charge on any atom is -0.388 e. The molecule has 1 heterocycles. The SMILES string of the molecule is CCNc1nc(N(C)C)oc(=O)c1C#N. The highest BCUT2D eigenvalue weighted by molar-refractivity contribution is 5.52. The molecule has 6 heteroatoms. The molecule has 0 saturated heterocycles. The summed E-state index contributed by atoms with van der Waals surface area (Å²) in [7, 11) is 3.40. The lowest BCUT2D eigenvalue weighted by molar-refractivity contribution is 0.491. The second-order valence-electron chi connectivity index (χ2n) is 3.04. The number of rotatable bonds is 3. The maximum atomic E-state index is 11.4. The number of hydrogen-bond acceptors (Lipinski definition) is 6. The van der Waals surface area contributed by atoms with Crippen molar-refractivity contribution >= 4 is 11.8 Å². The number of aromatic nitrogens is 1. The molecule has 0 unspecified atom stereocenters. The van der Waals surface area contributed by atoms with Crippen LogP contribution in [0.1, 0.15) is 12.5 Å². The standard InChI is InChI=1S/C9H12N4O2/c1-4-11-7-6(5-10)8(14)15-9(12-7)13(2)3/h11H,4H2,1-3H3. The Morgan fingerprint density at radius 2 is 2.27 bits per heavy atom. The molecule has 0 spiro atoms. The van der Waals surface area contributed by atoms with Gasteiger partial charge in [0.05, 0.1) is 0 Å². The molecule has 0 aliphatic heterocycles. The van der Waals surface area contributed by atoms with Crippen molar-refractivity contribution in [3.05, 3.63) is 16.0 Å². The van der Waals surface area contributed by atoms with E-state index in [1.165, 1.54) is 0 Å². The average molecular weight is 208 g/mol. The van der Waals surface area contributed by atoms with Crippen LogP contribution in [0.5, 0.6) is 0 Å². The molecule has 1 rings (SSSR count). The van der Waals surface area contributed by atoms with Crippen molar-refractivity contribution in [3.8, 4) is 6.07 Å². The molecular formula is C9H12N4O2. The third-order valence-electron chi connectivity index (χ3n) is 1.67. The minimum atomic E-state index is -0.674. The van der Waals surface area contributed by atoms with Gasteiger partial charge in [0.2, 0.25) is 0 Å². The van der Waals surface area contributed by atoms with Crippen molar-refractivity contribution in [1.29, 1.82) is 5.26 Å². The van der Waals surface area contributed by atoms with Gasteiger partial charge in [0.15, 0.2) is 11.4 Å². The van der Waals surface area contributed by atoms with Gasteiger partial charge < -0.3 is 14.6 Å². The van der Waals surface area contributed by atoms with Crippen LogP contribution in [0, 0.1) is 11.3 Å². The zero-order chi connectivity index (χ0) is 11.4. The normalized spacial score (nSPS) is 9.47. The summed E-state index contributed by atoms with van der Waals surface area (Å²) in [5, 5.41) is 11.6. The maximum absolute atomic E-state index is 11.4. The second-order valence-corrected chi connectivity index (χ2v) is 3.04. The Kier molecular flexibility index (Phi) is 3.29. The highest BCUT2D eigenvalue weighted by atomic mass is 16.4. The summed E-state index contributed by atoms with van der Waals surface area (Å²) in [5.74, 6) is 0.264. The summed E-state index contributed by atoms with van der Waals surface area (Å²) in [6.45, 7) is 2.44. The van der Waals surface area contributed by atoms with Gasteiger partial charge in [0, 0.05) is 20.6 Å². The Morgan fingerprint density at radius 3 is 2.73 bits per heavy atom. The van der Waals surface area contributed by atoms with Crippen LogP contribution in [-0.2, 0) is 0 Å². The minimum absolute atomic E-state index is 0.0950. The molecule has 1 N–H and O–H groups in total. The smallest absolute Gasteiger partial charge is 0.360 e. The van der Waals surface area contributed by atoms with Crippen molar-refractivity contribution in [2.45, 2.75) is 6.92 Å². The first-order valence-electron chi connectivity index (χ1n) is 4.46. The Hall–Kier alpha value is -2.03. The number of nitriles is 1. The van der Waals surface area contributed by atoms with Gasteiger partial charge in [0.25, 0.3) is 0 Å². The molecule has 80 valence electrons. The van der Waals surface area contributed by atoms with E-state index in [0.717, 1.165) is 0 Å². The molecule has 0 saturated carbocycles. The van der Waals surface area contributed by atoms with Crippen LogP contribution in [0.4, 0.5) is 11.8 Å². The predicted molar refractivity (Wildman–Crippen MR) is 56.0 cm³/mol. The fourth-order valence-corrected chi connectivity index (χ4v) is 0.990. The summed E-state index contributed by atoms with van der Waals surface area (Å²) in [6, 6.07) is 1.94. The van der Waals surface area contributed by atoms with Crippen molar-refractivity contribution in [3.63, 3.8) is 0 Å². The highest BCUT2D eigenvalue weighted by Gasteiger charge is 2.13. The lowest BCUT2D eigenvalue weighted by Gasteiger charge is -2.10. The van der Waals surface area contributed by atoms with Crippen LogP contribution >= 0.6 is 0 Å². The first-order chi connectivity index (χ1) is 7.10. The van der Waals surface area contributed by atoms with Gasteiger partial charge in [-0.05, 0) is 6.92 Å². The van der Waals surface area contributed by atoms with Gasteiger partial charge in [0.1, 0.15) is 6.07 Å². The van der Waals surface area contributed by atoms with E-state index in [4.69, 9.17) is 9.68 Å². The van der Waals surface area contributed by atoms with Gasteiger partial charge in [-0.3, -0.25) is 0 Å². The molecule has 1 aromatic heterocycles. The molecule has 0 aliphatic rings. The third-order valence-corrected chi connectivity index (χ3v) is 1.67. The van der Waals surface area contributed by atoms with E-state index in [1.807, 2.05) is 6.92 Å². The summed E-state index contributed by atoms with van der Waals surface area (Å²) in [5.41, 5.74) is -0.769. The van der Waals surface area contributed by atoms with Gasteiger partial charge >= 0.3 is 11.6 Å². The van der Waals surface area contributed by atoms with E-state index in [-0.39, 0.29) is 17.4 Å². The summed E-state index contributed by atoms with van der Waals surface area (Å²) < 4.78 is 4.84. The Labute approximate surface area is 87.1 Å². The van der Waals surface area contributed by atoms with Crippen LogP contribution in [0.2, 0.25) is 0 Å². The number of hydrogen-bond donors (Lipinski definition) is 1. The van der Waals surface area contributed by atoms with E-state index in [1.54, 1.807) is 25.1 Å². The van der Waals surface area contributed by atoms with Gasteiger partial charge in [-0.15, -0.1) is 0 Å². The molecule has 0 aliphatic carbocycles. The molecule has 0 fully saturated rings. The fourth-order valence-electron chi connectivity index (χ4n) is 0.990. The van der Waals surface area contributed by atoms with Crippen LogP contribution < -0.4 is 15.8 Å². The van der Waals surface area contributed by atoms with Crippen molar-refractivity contribution in [2.24, 2.45) is 0 Å². The van der Waals surface area contributed by atoms with Crippen molar-refractivity contribution in [2.75, 3.05) is 30.9 Å². The maximum Gasteiger partial charge on any atom is 0.360 e. The van der Waals surface area contributed by atoms with Gasteiger partial charge in [-0.2, -0.15) is 10.2 Å². The number of anilines is 2. The summed E-state index contributed by atoms with van der Waals surface area (Å²) in [6.07, 6.45) is 0. The molecular weight excluding hydrogens is 196 g/mol. The van der Waals surface area contributed by atoms with E-state index in [2.05, 4.69) is 10.3 Å². The molecule has 1 aromatic rings. The second kappa shape index (κ2) is 4.46. The van der Waals surface area contributed by atoms with Crippen LogP contribution in [-0.4, -0.2) is 25.6 Å². The Balaban J connectivity index is 3.34. The average Bonchev–Trinajstić information content (AvgIpc) is 2.17. The molecule has 15 heavy (non-hydrogen) atoms. The zero-order valence-electron chi connectivity index (χ0n) is 8.87. The molecule has 0 aromatic carbocycles. The van der Waals surface area contributed by atoms with Gasteiger partial charge in [-0.25, -0.2) is 4.79 Å². The lowest BCUT2D eigenvalue weighted by atomic mass is 10.3. The van der Waals surface area contributed by atoms with Crippen LogP contribution in [0.25, 0.3) is 0 Å². The van der Waals surface area contributed by atoms with Gasteiger partial charge in [-0.1, -0.05) is 0 Å². The molecule has 0 amide bonds. The Bertz CT molecular complexity index is 444. The molecule has 0 radical (unpaired) electrons. The predicted octanol–water partition coefficient (Wildman–Crippen LogP) is 0.404. The molecule has 6 nitrogen and oxygen atoms in total. The van der Waals surface area contributed by atoms with Crippen molar-refractivity contribution < 1.29 is 4.42 Å². The topological polar surface area (TPSA) is 82.2 Å². The highest BCUT2D eigenvalue weighted by Crippen LogP contribution is 2.12. The van der Waals surface area contributed by atoms with E-state index < -0.39 is 5.63 Å². The first-order valence-corrected chi connectivity index (χ1v) is 4.46. The quantitative estimate of drug-likeness (QED) is 0.774. The van der Waals surface area contributed by atoms with Crippen LogP contribution in [0.3, 0.4) is 0 Å². The van der Waals surface area contributed by atoms with E-state index in [0.29, 0.717) is 6.54 Å². The summed E-state index contributed by atoms with van der Waals surface area (Å²) in [4.78, 5) is 17.0. The lowest BCUT2D eigenvalue weighted by Crippen LogP contribution is -2.18.